The van der Waals surface area contributed by atoms with E-state index in [4.69, 9.17) is 16.9 Å². The van der Waals surface area contributed by atoms with Crippen molar-refractivity contribution in [2.24, 2.45) is 0 Å². The normalized spacial score (nSPS) is 14.3. The van der Waals surface area contributed by atoms with Crippen LogP contribution in [0.5, 0.6) is 0 Å². The Balaban J connectivity index is 2.04. The average Bonchev–Trinajstić information content (AvgIpc) is 3.23. The van der Waals surface area contributed by atoms with Gasteiger partial charge in [0.1, 0.15) is 0 Å². The van der Waals surface area contributed by atoms with Crippen LogP contribution in [0.1, 0.15) is 19.3 Å². The summed E-state index contributed by atoms with van der Waals surface area (Å²) in [7, 11) is 0. The van der Waals surface area contributed by atoms with Crippen LogP contribution >= 0.6 is 11.6 Å². The number of anilines is 1. The number of rotatable bonds is 4. The molecule has 3 rings (SSSR count). The summed E-state index contributed by atoms with van der Waals surface area (Å²) in [6.07, 6.45) is 4.79. The van der Waals surface area contributed by atoms with E-state index in [0.717, 1.165) is 17.4 Å². The molecule has 96 valence electrons. The van der Waals surface area contributed by atoms with Crippen LogP contribution < -0.4 is 4.90 Å². The molecule has 0 atom stereocenters. The number of nitrogens with zero attached hydrogens (tertiary/aromatic N) is 3. The van der Waals surface area contributed by atoms with E-state index in [-0.39, 0.29) is 0 Å². The SMILES string of the molecule is N#CCCN(c1ccnc2cc(Cl)ccc12)C1CC1. The molecule has 0 unspecified atom stereocenters. The number of benzene rings is 1. The third-order valence-corrected chi connectivity index (χ3v) is 3.68. The molecule has 0 spiro atoms. The predicted molar refractivity (Wildman–Crippen MR) is 77.4 cm³/mol. The van der Waals surface area contributed by atoms with Crippen LogP contribution in [0.4, 0.5) is 5.69 Å². The highest BCUT2D eigenvalue weighted by Crippen LogP contribution is 2.35. The molecule has 0 N–H and O–H groups in total. The molecule has 1 heterocycles. The molecule has 0 radical (unpaired) electrons. The summed E-state index contributed by atoms with van der Waals surface area (Å²) in [6, 6.07) is 10.6. The molecule has 4 heteroatoms. The van der Waals surface area contributed by atoms with Crippen molar-refractivity contribution in [3.05, 3.63) is 35.5 Å². The van der Waals surface area contributed by atoms with Crippen molar-refractivity contribution in [2.75, 3.05) is 11.4 Å². The summed E-state index contributed by atoms with van der Waals surface area (Å²) in [5.41, 5.74) is 2.08. The van der Waals surface area contributed by atoms with Gasteiger partial charge in [-0.05, 0) is 37.1 Å². The standard InChI is InChI=1S/C15H14ClN3/c16-11-2-5-13-14(10-11)18-8-6-15(13)19(9-1-7-17)12-3-4-12/h2,5-6,8,10,12H,1,3-4,9H2. The van der Waals surface area contributed by atoms with E-state index in [0.29, 0.717) is 17.5 Å². The van der Waals surface area contributed by atoms with Gasteiger partial charge in [-0.1, -0.05) is 11.6 Å². The molecular weight excluding hydrogens is 258 g/mol. The zero-order valence-electron chi connectivity index (χ0n) is 10.5. The van der Waals surface area contributed by atoms with Gasteiger partial charge in [-0.2, -0.15) is 5.26 Å². The first-order valence-electron chi connectivity index (χ1n) is 6.47. The van der Waals surface area contributed by atoms with Crippen molar-refractivity contribution in [3.8, 4) is 6.07 Å². The number of hydrogen-bond acceptors (Lipinski definition) is 3. The third-order valence-electron chi connectivity index (χ3n) is 3.44. The van der Waals surface area contributed by atoms with E-state index in [1.165, 1.54) is 18.5 Å². The molecule has 19 heavy (non-hydrogen) atoms. The lowest BCUT2D eigenvalue weighted by molar-refractivity contribution is 0.796. The maximum absolute atomic E-state index is 8.81. The zero-order valence-corrected chi connectivity index (χ0v) is 11.3. The smallest absolute Gasteiger partial charge is 0.0737 e. The Kier molecular flexibility index (Phi) is 3.27. The molecule has 1 aromatic carbocycles. The van der Waals surface area contributed by atoms with Crippen molar-refractivity contribution in [1.82, 2.24) is 4.98 Å². The quantitative estimate of drug-likeness (QED) is 0.850. The summed E-state index contributed by atoms with van der Waals surface area (Å²) in [5.74, 6) is 0. The molecule has 0 saturated heterocycles. The van der Waals surface area contributed by atoms with Crippen LogP contribution in [0, 0.1) is 11.3 Å². The summed E-state index contributed by atoms with van der Waals surface area (Å²) < 4.78 is 0. The Hall–Kier alpha value is -1.79. The fraction of sp³-hybridized carbons (Fsp3) is 0.333. The molecule has 1 aromatic heterocycles. The molecule has 1 saturated carbocycles. The largest absolute Gasteiger partial charge is 0.367 e. The van der Waals surface area contributed by atoms with Gasteiger partial charge < -0.3 is 4.90 Å². The van der Waals surface area contributed by atoms with E-state index in [1.807, 2.05) is 30.5 Å². The second-order valence-corrected chi connectivity index (χ2v) is 5.26. The highest BCUT2D eigenvalue weighted by molar-refractivity contribution is 6.31. The van der Waals surface area contributed by atoms with Crippen LogP contribution in [-0.4, -0.2) is 17.6 Å². The maximum atomic E-state index is 8.81. The van der Waals surface area contributed by atoms with Crippen LogP contribution in [0.15, 0.2) is 30.5 Å². The number of fused-ring (bicyclic) bond motifs is 1. The fourth-order valence-electron chi connectivity index (χ4n) is 2.41. The van der Waals surface area contributed by atoms with Crippen LogP contribution in [0.25, 0.3) is 10.9 Å². The number of pyridine rings is 1. The summed E-state index contributed by atoms with van der Waals surface area (Å²) in [4.78, 5) is 6.70. The predicted octanol–water partition coefficient (Wildman–Crippen LogP) is 3.77. The third kappa shape index (κ3) is 2.50. The molecule has 0 bridgehead atoms. The molecule has 0 amide bonds. The summed E-state index contributed by atoms with van der Waals surface area (Å²) >= 11 is 6.01. The Morgan fingerprint density at radius 3 is 2.95 bits per heavy atom. The van der Waals surface area contributed by atoms with Gasteiger partial charge in [0.2, 0.25) is 0 Å². The van der Waals surface area contributed by atoms with Gasteiger partial charge in [0.25, 0.3) is 0 Å². The van der Waals surface area contributed by atoms with Gasteiger partial charge in [-0.25, -0.2) is 0 Å². The Morgan fingerprint density at radius 2 is 2.21 bits per heavy atom. The van der Waals surface area contributed by atoms with Crippen molar-refractivity contribution >= 4 is 28.2 Å². The van der Waals surface area contributed by atoms with Crippen molar-refractivity contribution < 1.29 is 0 Å². The Bertz CT molecular complexity index is 643. The van der Waals surface area contributed by atoms with E-state index >= 15 is 0 Å². The second kappa shape index (κ2) is 5.07. The summed E-state index contributed by atoms with van der Waals surface area (Å²) in [5, 5.41) is 10.6. The van der Waals surface area contributed by atoms with Crippen molar-refractivity contribution in [1.29, 1.82) is 5.26 Å². The number of nitriles is 1. The first-order chi connectivity index (χ1) is 9.29. The first kappa shape index (κ1) is 12.3. The molecule has 1 fully saturated rings. The molecule has 3 nitrogen and oxygen atoms in total. The Labute approximate surface area is 117 Å². The minimum absolute atomic E-state index is 0.550. The van der Waals surface area contributed by atoms with E-state index in [1.54, 1.807) is 0 Å². The topological polar surface area (TPSA) is 39.9 Å². The molecule has 2 aromatic rings. The number of halogens is 1. The van der Waals surface area contributed by atoms with Gasteiger partial charge in [0.05, 0.1) is 18.0 Å². The van der Waals surface area contributed by atoms with E-state index in [9.17, 15) is 0 Å². The van der Waals surface area contributed by atoms with Gasteiger partial charge >= 0.3 is 0 Å². The van der Waals surface area contributed by atoms with Gasteiger partial charge in [0.15, 0.2) is 0 Å². The first-order valence-corrected chi connectivity index (χ1v) is 6.85. The second-order valence-electron chi connectivity index (χ2n) is 4.82. The van der Waals surface area contributed by atoms with E-state index < -0.39 is 0 Å². The average molecular weight is 272 g/mol. The minimum atomic E-state index is 0.550. The Morgan fingerprint density at radius 1 is 1.37 bits per heavy atom. The van der Waals surface area contributed by atoms with Crippen LogP contribution in [0.2, 0.25) is 5.02 Å². The lowest BCUT2D eigenvalue weighted by Gasteiger charge is -2.25. The van der Waals surface area contributed by atoms with Crippen molar-refractivity contribution in [2.45, 2.75) is 25.3 Å². The van der Waals surface area contributed by atoms with Gasteiger partial charge in [0, 0.05) is 34.9 Å². The van der Waals surface area contributed by atoms with Gasteiger partial charge in [-0.3, -0.25) is 4.98 Å². The highest BCUT2D eigenvalue weighted by Gasteiger charge is 2.29. The molecule has 1 aliphatic rings. The minimum Gasteiger partial charge on any atom is -0.367 e. The van der Waals surface area contributed by atoms with Crippen LogP contribution in [0.3, 0.4) is 0 Å². The number of hydrogen-bond donors (Lipinski definition) is 0. The fourth-order valence-corrected chi connectivity index (χ4v) is 2.58. The van der Waals surface area contributed by atoms with E-state index in [2.05, 4.69) is 16.0 Å². The monoisotopic (exact) mass is 271 g/mol. The lowest BCUT2D eigenvalue weighted by atomic mass is 10.1. The molecular formula is C15H14ClN3. The zero-order chi connectivity index (χ0) is 13.2. The van der Waals surface area contributed by atoms with Gasteiger partial charge in [-0.15, -0.1) is 0 Å². The number of aromatic nitrogens is 1. The lowest BCUT2D eigenvalue weighted by Crippen LogP contribution is -2.26. The molecule has 1 aliphatic carbocycles. The molecule has 0 aliphatic heterocycles. The highest BCUT2D eigenvalue weighted by atomic mass is 35.5. The maximum Gasteiger partial charge on any atom is 0.0737 e. The van der Waals surface area contributed by atoms with Crippen molar-refractivity contribution in [3.63, 3.8) is 0 Å². The van der Waals surface area contributed by atoms with Crippen LogP contribution in [-0.2, 0) is 0 Å². The summed E-state index contributed by atoms with van der Waals surface area (Å²) in [6.45, 7) is 0.781.